The molecule has 1 N–H and O–H groups in total. The molecule has 0 fully saturated rings. The van der Waals surface area contributed by atoms with Gasteiger partial charge in [0, 0.05) is 35.4 Å². The van der Waals surface area contributed by atoms with Crippen LogP contribution in [0.4, 0.5) is 5.69 Å². The van der Waals surface area contributed by atoms with E-state index in [0.29, 0.717) is 24.2 Å². The third-order valence-corrected chi connectivity index (χ3v) is 4.23. The molecule has 0 spiro atoms. The molecule has 3 aromatic rings. The van der Waals surface area contributed by atoms with E-state index >= 15 is 0 Å². The lowest BCUT2D eigenvalue weighted by molar-refractivity contribution is 0.292. The van der Waals surface area contributed by atoms with Gasteiger partial charge in [0.05, 0.1) is 6.04 Å². The highest BCUT2D eigenvalue weighted by Gasteiger charge is 2.13. The van der Waals surface area contributed by atoms with E-state index in [2.05, 4.69) is 59.2 Å². The fourth-order valence-electron chi connectivity index (χ4n) is 2.92. The van der Waals surface area contributed by atoms with E-state index in [-0.39, 0.29) is 6.04 Å². The van der Waals surface area contributed by atoms with Crippen molar-refractivity contribution in [3.8, 4) is 17.3 Å². The molecule has 2 heterocycles. The smallest absolute Gasteiger partial charge is 0.217 e. The summed E-state index contributed by atoms with van der Waals surface area (Å²) in [5, 5.41) is 3.39. The van der Waals surface area contributed by atoms with Gasteiger partial charge in [0.1, 0.15) is 6.61 Å². The summed E-state index contributed by atoms with van der Waals surface area (Å²) in [6, 6.07) is 14.2. The van der Waals surface area contributed by atoms with E-state index in [1.165, 1.54) is 5.56 Å². The Morgan fingerprint density at radius 3 is 2.48 bits per heavy atom. The Kier molecular flexibility index (Phi) is 6.01. The fraction of sp³-hybridized carbons (Fsp3) is 0.318. The lowest BCUT2D eigenvalue weighted by atomic mass is 9.97. The Bertz CT molecular complexity index is 880. The summed E-state index contributed by atoms with van der Waals surface area (Å²) >= 11 is 0. The number of aromatic nitrogens is 3. The first-order valence-corrected chi connectivity index (χ1v) is 9.27. The molecule has 2 aromatic heterocycles. The number of ether oxygens (including phenoxy) is 1. The highest BCUT2D eigenvalue weighted by Crippen LogP contribution is 2.28. The summed E-state index contributed by atoms with van der Waals surface area (Å²) in [4.78, 5) is 13.3. The summed E-state index contributed by atoms with van der Waals surface area (Å²) < 4.78 is 5.95. The molecule has 1 aromatic carbocycles. The molecular formula is C22H26N4O. The second-order valence-electron chi connectivity index (χ2n) is 7.01. The molecule has 5 heteroatoms. The predicted molar refractivity (Wildman–Crippen MR) is 109 cm³/mol. The minimum Gasteiger partial charge on any atom is -0.475 e. The molecule has 0 amide bonds. The Morgan fingerprint density at radius 2 is 1.74 bits per heavy atom. The monoisotopic (exact) mass is 362 g/mol. The zero-order valence-corrected chi connectivity index (χ0v) is 16.3. The second kappa shape index (κ2) is 8.62. The van der Waals surface area contributed by atoms with Crippen LogP contribution < -0.4 is 10.1 Å². The SMILES string of the molecule is Cc1cc(OC[C@H](C)Nc2ccncc2)nc(-c2ccccc2C(C)C)n1. The normalized spacial score (nSPS) is 12.0. The lowest BCUT2D eigenvalue weighted by Gasteiger charge is -2.17. The first kappa shape index (κ1) is 18.8. The van der Waals surface area contributed by atoms with Crippen LogP contribution in [0.15, 0.2) is 54.9 Å². The zero-order valence-electron chi connectivity index (χ0n) is 16.3. The third-order valence-electron chi connectivity index (χ3n) is 4.23. The van der Waals surface area contributed by atoms with E-state index in [0.717, 1.165) is 16.9 Å². The molecule has 1 atom stereocenters. The number of aryl methyl sites for hydroxylation is 1. The van der Waals surface area contributed by atoms with Crippen LogP contribution in [0.1, 0.15) is 37.9 Å². The van der Waals surface area contributed by atoms with Crippen molar-refractivity contribution >= 4 is 5.69 Å². The summed E-state index contributed by atoms with van der Waals surface area (Å²) in [7, 11) is 0. The molecule has 0 saturated carbocycles. The van der Waals surface area contributed by atoms with Gasteiger partial charge in [-0.2, -0.15) is 4.98 Å². The first-order chi connectivity index (χ1) is 13.0. The van der Waals surface area contributed by atoms with Crippen molar-refractivity contribution < 1.29 is 4.74 Å². The maximum atomic E-state index is 5.95. The summed E-state index contributed by atoms with van der Waals surface area (Å²) in [5.41, 5.74) is 4.21. The maximum absolute atomic E-state index is 5.95. The van der Waals surface area contributed by atoms with Gasteiger partial charge in [-0.15, -0.1) is 0 Å². The minimum absolute atomic E-state index is 0.133. The molecule has 0 aliphatic heterocycles. The Labute approximate surface area is 160 Å². The third kappa shape index (κ3) is 5.03. The summed E-state index contributed by atoms with van der Waals surface area (Å²) in [6.45, 7) is 8.90. The van der Waals surface area contributed by atoms with E-state index in [4.69, 9.17) is 4.74 Å². The molecule has 0 radical (unpaired) electrons. The quantitative estimate of drug-likeness (QED) is 0.651. The zero-order chi connectivity index (χ0) is 19.2. The van der Waals surface area contributed by atoms with E-state index in [1.54, 1.807) is 12.4 Å². The highest BCUT2D eigenvalue weighted by atomic mass is 16.5. The van der Waals surface area contributed by atoms with Crippen LogP contribution in [-0.2, 0) is 0 Å². The topological polar surface area (TPSA) is 59.9 Å². The molecule has 0 unspecified atom stereocenters. The number of hydrogen-bond acceptors (Lipinski definition) is 5. The number of pyridine rings is 1. The van der Waals surface area contributed by atoms with Crippen molar-refractivity contribution in [3.63, 3.8) is 0 Å². The Morgan fingerprint density at radius 1 is 1.00 bits per heavy atom. The van der Waals surface area contributed by atoms with Crippen LogP contribution in [0, 0.1) is 6.92 Å². The van der Waals surface area contributed by atoms with E-state index in [9.17, 15) is 0 Å². The number of nitrogens with zero attached hydrogens (tertiary/aromatic N) is 3. The number of anilines is 1. The average Bonchev–Trinajstić information content (AvgIpc) is 2.67. The van der Waals surface area contributed by atoms with Crippen molar-refractivity contribution in [3.05, 3.63) is 66.1 Å². The van der Waals surface area contributed by atoms with Crippen molar-refractivity contribution in [1.29, 1.82) is 0 Å². The van der Waals surface area contributed by atoms with Crippen molar-refractivity contribution in [2.45, 2.75) is 39.7 Å². The molecule has 140 valence electrons. The molecule has 0 aliphatic rings. The van der Waals surface area contributed by atoms with Crippen molar-refractivity contribution in [2.24, 2.45) is 0 Å². The number of nitrogens with one attached hydrogen (secondary N) is 1. The number of rotatable bonds is 7. The van der Waals surface area contributed by atoms with Gasteiger partial charge < -0.3 is 10.1 Å². The van der Waals surface area contributed by atoms with Gasteiger partial charge in [0.25, 0.3) is 0 Å². The molecule has 0 aliphatic carbocycles. The molecular weight excluding hydrogens is 336 g/mol. The van der Waals surface area contributed by atoms with Crippen LogP contribution in [-0.4, -0.2) is 27.6 Å². The second-order valence-corrected chi connectivity index (χ2v) is 7.01. The van der Waals surface area contributed by atoms with E-state index in [1.807, 2.05) is 31.2 Å². The molecule has 0 bridgehead atoms. The van der Waals surface area contributed by atoms with Crippen LogP contribution in [0.25, 0.3) is 11.4 Å². The summed E-state index contributed by atoms with van der Waals surface area (Å²) in [6.07, 6.45) is 3.53. The van der Waals surface area contributed by atoms with Gasteiger partial charge in [0.15, 0.2) is 5.82 Å². The lowest BCUT2D eigenvalue weighted by Crippen LogP contribution is -2.23. The van der Waals surface area contributed by atoms with Crippen LogP contribution >= 0.6 is 0 Å². The largest absolute Gasteiger partial charge is 0.475 e. The molecule has 3 rings (SSSR count). The van der Waals surface area contributed by atoms with Gasteiger partial charge in [0.2, 0.25) is 5.88 Å². The maximum Gasteiger partial charge on any atom is 0.217 e. The van der Waals surface area contributed by atoms with Crippen LogP contribution in [0.3, 0.4) is 0 Å². The van der Waals surface area contributed by atoms with Gasteiger partial charge >= 0.3 is 0 Å². The predicted octanol–water partition coefficient (Wildman–Crippen LogP) is 4.85. The standard InChI is InChI=1S/C22H26N4O/c1-15(2)19-7-5-6-8-20(19)22-25-16(3)13-21(26-22)27-14-17(4)24-18-9-11-23-12-10-18/h5-13,15,17H,14H2,1-4H3,(H,23,24)/t17-/m0/s1. The minimum atomic E-state index is 0.133. The van der Waals surface area contributed by atoms with Crippen molar-refractivity contribution in [2.75, 3.05) is 11.9 Å². The highest BCUT2D eigenvalue weighted by molar-refractivity contribution is 5.61. The molecule has 5 nitrogen and oxygen atoms in total. The summed E-state index contributed by atoms with van der Waals surface area (Å²) in [5.74, 6) is 1.71. The Balaban J connectivity index is 1.74. The van der Waals surface area contributed by atoms with Crippen molar-refractivity contribution in [1.82, 2.24) is 15.0 Å². The number of hydrogen-bond donors (Lipinski definition) is 1. The molecule has 27 heavy (non-hydrogen) atoms. The van der Waals surface area contributed by atoms with E-state index < -0.39 is 0 Å². The molecule has 0 saturated heterocycles. The first-order valence-electron chi connectivity index (χ1n) is 9.27. The fourth-order valence-corrected chi connectivity index (χ4v) is 2.92. The average molecular weight is 362 g/mol. The van der Waals surface area contributed by atoms with Gasteiger partial charge in [-0.25, -0.2) is 4.98 Å². The Hall–Kier alpha value is -2.95. The van der Waals surface area contributed by atoms with Crippen LogP contribution in [0.2, 0.25) is 0 Å². The van der Waals surface area contributed by atoms with Gasteiger partial charge in [-0.1, -0.05) is 38.1 Å². The van der Waals surface area contributed by atoms with Crippen LogP contribution in [0.5, 0.6) is 5.88 Å². The van der Waals surface area contributed by atoms with Gasteiger partial charge in [-0.05, 0) is 37.5 Å². The van der Waals surface area contributed by atoms with Gasteiger partial charge in [-0.3, -0.25) is 4.98 Å². The number of benzene rings is 1.